The summed E-state index contributed by atoms with van der Waals surface area (Å²) in [7, 11) is 1.85. The summed E-state index contributed by atoms with van der Waals surface area (Å²) in [6.07, 6.45) is 0.177. The summed E-state index contributed by atoms with van der Waals surface area (Å²) in [4.78, 5) is 19.8. The van der Waals surface area contributed by atoms with Crippen molar-refractivity contribution in [2.75, 3.05) is 37.3 Å². The molecule has 1 amide bonds. The Balaban J connectivity index is 1.40. The van der Waals surface area contributed by atoms with Crippen LogP contribution in [0.25, 0.3) is 10.2 Å². The van der Waals surface area contributed by atoms with Crippen molar-refractivity contribution < 1.29 is 13.6 Å². The van der Waals surface area contributed by atoms with E-state index in [2.05, 4.69) is 15.6 Å². The summed E-state index contributed by atoms with van der Waals surface area (Å²) in [6.45, 7) is 3.33. The zero-order valence-corrected chi connectivity index (χ0v) is 17.6. The van der Waals surface area contributed by atoms with E-state index in [0.717, 1.165) is 11.1 Å². The number of carbonyl (C=O) groups is 1. The number of nitrogens with zero attached hydrogens (tertiary/aromatic N) is 2. The molecule has 4 rings (SSSR count). The van der Waals surface area contributed by atoms with E-state index in [1.807, 2.05) is 26.1 Å². The molecule has 0 radical (unpaired) electrons. The van der Waals surface area contributed by atoms with Gasteiger partial charge in [-0.05, 0) is 44.2 Å². The fraction of sp³-hybridized carbons (Fsp3) is 0.333. The summed E-state index contributed by atoms with van der Waals surface area (Å²) in [6, 6.07) is 6.42. The number of nitrogens with two attached hydrogens (primary N) is 1. The van der Waals surface area contributed by atoms with Crippen LogP contribution in [0, 0.1) is 18.6 Å². The molecule has 4 N–H and O–H groups in total. The number of hydrogen-bond acceptors (Lipinski definition) is 6. The van der Waals surface area contributed by atoms with E-state index in [4.69, 9.17) is 5.73 Å². The normalized spacial score (nSPS) is 14.2. The first kappa shape index (κ1) is 20.5. The predicted octanol–water partition coefficient (Wildman–Crippen LogP) is 2.85. The molecule has 0 saturated carbocycles. The molecule has 2 aromatic heterocycles. The molecule has 1 fully saturated rings. The van der Waals surface area contributed by atoms with Gasteiger partial charge in [-0.1, -0.05) is 0 Å². The third-order valence-corrected chi connectivity index (χ3v) is 6.48. The van der Waals surface area contributed by atoms with E-state index in [1.54, 1.807) is 4.90 Å². The van der Waals surface area contributed by atoms with Crippen LogP contribution in [0.2, 0.25) is 0 Å². The van der Waals surface area contributed by atoms with Gasteiger partial charge in [0.2, 0.25) is 0 Å². The standard InChI is InChI=1S/C21H23F2N5OS/c1-11-3-4-14-18(24)19(30-21(14)27-11)20(29)26-6-5-12-7-16(23)17(8-15(12)22)28-9-13(10-28)25-2/h3-4,7-8,13,25H,5-6,9-10,24H2,1-2H3,(H,26,29). The van der Waals surface area contributed by atoms with Crippen LogP contribution in [-0.4, -0.2) is 43.6 Å². The lowest BCUT2D eigenvalue weighted by Gasteiger charge is -2.41. The zero-order chi connectivity index (χ0) is 21.4. The average molecular weight is 432 g/mol. The highest BCUT2D eigenvalue weighted by Gasteiger charge is 2.28. The van der Waals surface area contributed by atoms with E-state index >= 15 is 0 Å². The Bertz CT molecular complexity index is 1110. The van der Waals surface area contributed by atoms with Crippen molar-refractivity contribution >= 4 is 38.8 Å². The van der Waals surface area contributed by atoms with Gasteiger partial charge in [0.15, 0.2) is 0 Å². The first-order valence-corrected chi connectivity index (χ1v) is 10.5. The van der Waals surface area contributed by atoms with Crippen molar-refractivity contribution in [3.8, 4) is 0 Å². The van der Waals surface area contributed by atoms with Gasteiger partial charge in [-0.3, -0.25) is 4.79 Å². The Kier molecular flexibility index (Phi) is 5.57. The summed E-state index contributed by atoms with van der Waals surface area (Å²) in [5.74, 6) is -1.28. The number of nitrogens with one attached hydrogen (secondary N) is 2. The molecule has 3 aromatic rings. The van der Waals surface area contributed by atoms with Crippen molar-refractivity contribution in [2.45, 2.75) is 19.4 Å². The molecule has 3 heterocycles. The van der Waals surface area contributed by atoms with E-state index in [-0.39, 0.29) is 30.1 Å². The summed E-state index contributed by atoms with van der Waals surface area (Å²) in [5.41, 5.74) is 7.82. The minimum absolute atomic E-state index is 0.167. The third kappa shape index (κ3) is 3.82. The van der Waals surface area contributed by atoms with Gasteiger partial charge in [-0.15, -0.1) is 11.3 Å². The summed E-state index contributed by atoms with van der Waals surface area (Å²) >= 11 is 1.22. The summed E-state index contributed by atoms with van der Waals surface area (Å²) in [5, 5.41) is 6.58. The Hall–Kier alpha value is -2.78. The Morgan fingerprint density at radius 2 is 2.07 bits per heavy atom. The number of aryl methyl sites for hydroxylation is 1. The zero-order valence-electron chi connectivity index (χ0n) is 16.8. The maximum absolute atomic E-state index is 14.5. The number of aromatic nitrogens is 1. The number of carbonyl (C=O) groups excluding carboxylic acids is 1. The molecule has 158 valence electrons. The van der Waals surface area contributed by atoms with Crippen LogP contribution in [0.4, 0.5) is 20.2 Å². The highest BCUT2D eigenvalue weighted by Crippen LogP contribution is 2.32. The van der Waals surface area contributed by atoms with Crippen LogP contribution in [0.1, 0.15) is 20.9 Å². The molecule has 0 bridgehead atoms. The Morgan fingerprint density at radius 1 is 1.30 bits per heavy atom. The number of pyridine rings is 1. The van der Waals surface area contributed by atoms with Crippen LogP contribution < -0.4 is 21.3 Å². The molecule has 0 spiro atoms. The van der Waals surface area contributed by atoms with Gasteiger partial charge < -0.3 is 21.3 Å². The molecule has 30 heavy (non-hydrogen) atoms. The molecule has 1 aliphatic rings. The predicted molar refractivity (Wildman–Crippen MR) is 116 cm³/mol. The molecule has 9 heteroatoms. The maximum atomic E-state index is 14.5. The van der Waals surface area contributed by atoms with Crippen molar-refractivity contribution in [3.63, 3.8) is 0 Å². The second kappa shape index (κ2) is 8.16. The maximum Gasteiger partial charge on any atom is 0.263 e. The Morgan fingerprint density at radius 3 is 2.80 bits per heavy atom. The van der Waals surface area contributed by atoms with Crippen LogP contribution in [0.15, 0.2) is 24.3 Å². The number of fused-ring (bicyclic) bond motifs is 1. The van der Waals surface area contributed by atoms with Crippen LogP contribution >= 0.6 is 11.3 Å². The number of thiophene rings is 1. The van der Waals surface area contributed by atoms with E-state index < -0.39 is 11.6 Å². The lowest BCUT2D eigenvalue weighted by atomic mass is 10.0. The highest BCUT2D eigenvalue weighted by atomic mass is 32.1. The number of likely N-dealkylation sites (N-methyl/N-ethyl adjacent to an activating group) is 1. The second-order valence-corrected chi connectivity index (χ2v) is 8.44. The number of benzene rings is 1. The van der Waals surface area contributed by atoms with Gasteiger partial charge in [-0.25, -0.2) is 13.8 Å². The third-order valence-electron chi connectivity index (χ3n) is 5.37. The first-order valence-electron chi connectivity index (χ1n) is 9.71. The van der Waals surface area contributed by atoms with E-state index in [1.165, 1.54) is 23.5 Å². The molecule has 0 atom stereocenters. The SMILES string of the molecule is CNC1CN(c2cc(F)c(CCNC(=O)c3sc4nc(C)ccc4c3N)cc2F)C1. The molecule has 1 saturated heterocycles. The molecule has 0 aliphatic carbocycles. The van der Waals surface area contributed by atoms with Gasteiger partial charge in [0, 0.05) is 42.8 Å². The lowest BCUT2D eigenvalue weighted by molar-refractivity contribution is 0.0959. The second-order valence-electron chi connectivity index (χ2n) is 7.44. The Labute approximate surface area is 177 Å². The molecule has 1 aromatic carbocycles. The number of amides is 1. The van der Waals surface area contributed by atoms with Gasteiger partial charge in [0.1, 0.15) is 21.3 Å². The summed E-state index contributed by atoms with van der Waals surface area (Å²) < 4.78 is 28.9. The number of rotatable bonds is 6. The van der Waals surface area contributed by atoms with Crippen molar-refractivity contribution in [1.29, 1.82) is 0 Å². The molecular formula is C21H23F2N5OS. The highest BCUT2D eigenvalue weighted by molar-refractivity contribution is 7.21. The minimum atomic E-state index is -0.477. The van der Waals surface area contributed by atoms with Crippen molar-refractivity contribution in [2.24, 2.45) is 0 Å². The van der Waals surface area contributed by atoms with Gasteiger partial charge in [-0.2, -0.15) is 0 Å². The largest absolute Gasteiger partial charge is 0.397 e. The van der Waals surface area contributed by atoms with Crippen molar-refractivity contribution in [1.82, 2.24) is 15.6 Å². The van der Waals surface area contributed by atoms with Gasteiger partial charge >= 0.3 is 0 Å². The van der Waals surface area contributed by atoms with Crippen molar-refractivity contribution in [3.05, 3.63) is 52.0 Å². The number of halogens is 2. The van der Waals surface area contributed by atoms with Crippen LogP contribution in [0.5, 0.6) is 0 Å². The number of anilines is 2. The van der Waals surface area contributed by atoms with Crippen LogP contribution in [0.3, 0.4) is 0 Å². The number of hydrogen-bond donors (Lipinski definition) is 3. The monoisotopic (exact) mass is 431 g/mol. The minimum Gasteiger partial charge on any atom is -0.397 e. The molecular weight excluding hydrogens is 408 g/mol. The molecule has 0 unspecified atom stereocenters. The molecule has 6 nitrogen and oxygen atoms in total. The van der Waals surface area contributed by atoms with Crippen LogP contribution in [-0.2, 0) is 6.42 Å². The quantitative estimate of drug-likeness (QED) is 0.559. The first-order chi connectivity index (χ1) is 14.4. The van der Waals surface area contributed by atoms with Gasteiger partial charge in [0.25, 0.3) is 5.91 Å². The van der Waals surface area contributed by atoms with Gasteiger partial charge in [0.05, 0.1) is 11.4 Å². The van der Waals surface area contributed by atoms with E-state index in [9.17, 15) is 13.6 Å². The molecule has 1 aliphatic heterocycles. The fourth-order valence-electron chi connectivity index (χ4n) is 3.52. The average Bonchev–Trinajstić information content (AvgIpc) is 3.00. The van der Waals surface area contributed by atoms with E-state index in [0.29, 0.717) is 34.5 Å². The fourth-order valence-corrected chi connectivity index (χ4v) is 4.57. The topological polar surface area (TPSA) is 83.3 Å². The smallest absolute Gasteiger partial charge is 0.263 e. The number of nitrogen functional groups attached to an aromatic ring is 1. The lowest BCUT2D eigenvalue weighted by Crippen LogP contribution is -2.57.